The number of esters is 1. The first-order valence-corrected chi connectivity index (χ1v) is 7.62. The van der Waals surface area contributed by atoms with Crippen LogP contribution in [-0.4, -0.2) is 36.5 Å². The summed E-state index contributed by atoms with van der Waals surface area (Å²) >= 11 is 5.97. The second kappa shape index (κ2) is 6.94. The van der Waals surface area contributed by atoms with Crippen molar-refractivity contribution in [3.8, 4) is 0 Å². The Morgan fingerprint density at radius 2 is 2.00 bits per heavy atom. The van der Waals surface area contributed by atoms with Gasteiger partial charge in [-0.1, -0.05) is 17.7 Å². The standard InChI is InChI=1S/C16H20ClNO3/c1-3-21-16(20)12-6-8-18(9-7-12)15(19)14-10-13(17)5-4-11(14)2/h4-5,10,12H,3,6-9H2,1-2H3. The van der Waals surface area contributed by atoms with Gasteiger partial charge in [0.25, 0.3) is 5.91 Å². The van der Waals surface area contributed by atoms with Gasteiger partial charge in [0.2, 0.25) is 0 Å². The molecule has 0 saturated carbocycles. The number of carbonyl (C=O) groups excluding carboxylic acids is 2. The Morgan fingerprint density at radius 3 is 2.62 bits per heavy atom. The van der Waals surface area contributed by atoms with E-state index in [1.54, 1.807) is 24.0 Å². The van der Waals surface area contributed by atoms with E-state index in [0.717, 1.165) is 5.56 Å². The average molecular weight is 310 g/mol. The maximum atomic E-state index is 12.5. The summed E-state index contributed by atoms with van der Waals surface area (Å²) in [5, 5.41) is 0.561. The second-order valence-corrected chi connectivity index (χ2v) is 5.71. The molecule has 1 saturated heterocycles. The van der Waals surface area contributed by atoms with Crippen LogP contribution in [0, 0.1) is 12.8 Å². The SMILES string of the molecule is CCOC(=O)C1CCN(C(=O)c2cc(Cl)ccc2C)CC1. The molecule has 1 fully saturated rings. The number of hydrogen-bond donors (Lipinski definition) is 0. The van der Waals surface area contributed by atoms with Crippen LogP contribution < -0.4 is 0 Å². The highest BCUT2D eigenvalue weighted by molar-refractivity contribution is 6.31. The quantitative estimate of drug-likeness (QED) is 0.806. The van der Waals surface area contributed by atoms with Crippen molar-refractivity contribution in [2.45, 2.75) is 26.7 Å². The van der Waals surface area contributed by atoms with Gasteiger partial charge in [0, 0.05) is 23.7 Å². The van der Waals surface area contributed by atoms with Crippen LogP contribution in [0.15, 0.2) is 18.2 Å². The van der Waals surface area contributed by atoms with Crippen molar-refractivity contribution in [1.29, 1.82) is 0 Å². The molecule has 0 bridgehead atoms. The third kappa shape index (κ3) is 3.76. The highest BCUT2D eigenvalue weighted by Crippen LogP contribution is 2.22. The lowest BCUT2D eigenvalue weighted by Crippen LogP contribution is -2.40. The molecule has 0 radical (unpaired) electrons. The van der Waals surface area contributed by atoms with E-state index in [4.69, 9.17) is 16.3 Å². The van der Waals surface area contributed by atoms with Crippen LogP contribution in [0.3, 0.4) is 0 Å². The zero-order chi connectivity index (χ0) is 15.4. The van der Waals surface area contributed by atoms with Crippen molar-refractivity contribution in [2.24, 2.45) is 5.92 Å². The highest BCUT2D eigenvalue weighted by Gasteiger charge is 2.29. The normalized spacial score (nSPS) is 15.9. The molecule has 1 amide bonds. The largest absolute Gasteiger partial charge is 0.466 e. The first-order valence-electron chi connectivity index (χ1n) is 7.25. The molecular weight excluding hydrogens is 290 g/mol. The predicted molar refractivity (Wildman–Crippen MR) is 81.4 cm³/mol. The molecule has 5 heteroatoms. The molecule has 1 aromatic carbocycles. The van der Waals surface area contributed by atoms with Crippen molar-refractivity contribution in [2.75, 3.05) is 19.7 Å². The summed E-state index contributed by atoms with van der Waals surface area (Å²) in [5.41, 5.74) is 1.55. The van der Waals surface area contributed by atoms with Crippen LogP contribution in [0.5, 0.6) is 0 Å². The number of piperidine rings is 1. The van der Waals surface area contributed by atoms with Crippen LogP contribution in [0.25, 0.3) is 0 Å². The lowest BCUT2D eigenvalue weighted by atomic mass is 9.96. The summed E-state index contributed by atoms with van der Waals surface area (Å²) in [6.07, 6.45) is 1.31. The van der Waals surface area contributed by atoms with Crippen molar-refractivity contribution in [3.63, 3.8) is 0 Å². The monoisotopic (exact) mass is 309 g/mol. The molecule has 21 heavy (non-hydrogen) atoms. The molecule has 0 aromatic heterocycles. The molecule has 0 aliphatic carbocycles. The van der Waals surface area contributed by atoms with Gasteiger partial charge in [-0.05, 0) is 44.4 Å². The molecule has 0 N–H and O–H groups in total. The summed E-state index contributed by atoms with van der Waals surface area (Å²) in [7, 11) is 0. The molecule has 0 atom stereocenters. The van der Waals surface area contributed by atoms with E-state index in [-0.39, 0.29) is 17.8 Å². The van der Waals surface area contributed by atoms with Gasteiger partial charge in [0.1, 0.15) is 0 Å². The summed E-state index contributed by atoms with van der Waals surface area (Å²) in [4.78, 5) is 26.0. The van der Waals surface area contributed by atoms with Crippen molar-refractivity contribution >= 4 is 23.5 Å². The smallest absolute Gasteiger partial charge is 0.309 e. The zero-order valence-corrected chi connectivity index (χ0v) is 13.2. The molecule has 1 aromatic rings. The molecule has 1 heterocycles. The number of hydrogen-bond acceptors (Lipinski definition) is 3. The Morgan fingerprint density at radius 1 is 1.33 bits per heavy atom. The Balaban J connectivity index is 2.00. The van der Waals surface area contributed by atoms with Crippen molar-refractivity contribution in [3.05, 3.63) is 34.3 Å². The number of ether oxygens (including phenoxy) is 1. The van der Waals surface area contributed by atoms with Crippen LogP contribution in [0.1, 0.15) is 35.7 Å². The van der Waals surface area contributed by atoms with Crippen LogP contribution in [0.2, 0.25) is 5.02 Å². The molecule has 114 valence electrons. The highest BCUT2D eigenvalue weighted by atomic mass is 35.5. The number of aryl methyl sites for hydroxylation is 1. The van der Waals surface area contributed by atoms with Crippen molar-refractivity contribution < 1.29 is 14.3 Å². The average Bonchev–Trinajstić information content (AvgIpc) is 2.49. The van der Waals surface area contributed by atoms with E-state index in [1.807, 2.05) is 13.0 Å². The van der Waals surface area contributed by atoms with Gasteiger partial charge in [-0.25, -0.2) is 0 Å². The van der Waals surface area contributed by atoms with Gasteiger partial charge in [0.05, 0.1) is 12.5 Å². The van der Waals surface area contributed by atoms with Crippen LogP contribution in [0.4, 0.5) is 0 Å². The van der Waals surface area contributed by atoms with Gasteiger partial charge >= 0.3 is 5.97 Å². The number of nitrogens with zero attached hydrogens (tertiary/aromatic N) is 1. The predicted octanol–water partition coefficient (Wildman–Crippen LogP) is 3.06. The Labute approximate surface area is 130 Å². The minimum absolute atomic E-state index is 0.0164. The van der Waals surface area contributed by atoms with Gasteiger partial charge in [-0.2, -0.15) is 0 Å². The summed E-state index contributed by atoms with van der Waals surface area (Å²) in [6.45, 7) is 5.26. The Kier molecular flexibility index (Phi) is 5.23. The van der Waals surface area contributed by atoms with Crippen LogP contribution in [-0.2, 0) is 9.53 Å². The fourth-order valence-corrected chi connectivity index (χ4v) is 2.75. The molecule has 4 nitrogen and oxygen atoms in total. The van der Waals surface area contributed by atoms with E-state index >= 15 is 0 Å². The summed E-state index contributed by atoms with van der Waals surface area (Å²) < 4.78 is 5.04. The van der Waals surface area contributed by atoms with E-state index < -0.39 is 0 Å². The lowest BCUT2D eigenvalue weighted by Gasteiger charge is -2.31. The summed E-state index contributed by atoms with van der Waals surface area (Å²) in [5.74, 6) is -0.254. The fraction of sp³-hybridized carbons (Fsp3) is 0.500. The van der Waals surface area contributed by atoms with Gasteiger partial charge in [-0.15, -0.1) is 0 Å². The summed E-state index contributed by atoms with van der Waals surface area (Å²) in [6, 6.07) is 5.33. The first-order chi connectivity index (χ1) is 10.0. The van der Waals surface area contributed by atoms with E-state index in [9.17, 15) is 9.59 Å². The van der Waals surface area contributed by atoms with Crippen LogP contribution >= 0.6 is 11.6 Å². The number of amides is 1. The molecule has 0 unspecified atom stereocenters. The number of halogens is 1. The number of carbonyl (C=O) groups is 2. The molecule has 1 aliphatic heterocycles. The minimum atomic E-state index is -0.150. The first kappa shape index (κ1) is 15.8. The van der Waals surface area contributed by atoms with Crippen molar-refractivity contribution in [1.82, 2.24) is 4.90 Å². The van der Waals surface area contributed by atoms with Gasteiger partial charge < -0.3 is 9.64 Å². The minimum Gasteiger partial charge on any atom is -0.466 e. The molecule has 2 rings (SSSR count). The van der Waals surface area contributed by atoms with E-state index in [0.29, 0.717) is 43.1 Å². The molecular formula is C16H20ClNO3. The molecule has 0 spiro atoms. The number of rotatable bonds is 3. The van der Waals surface area contributed by atoms with Gasteiger partial charge in [0.15, 0.2) is 0 Å². The third-order valence-electron chi connectivity index (χ3n) is 3.83. The maximum absolute atomic E-state index is 12.5. The van der Waals surface area contributed by atoms with E-state index in [2.05, 4.69) is 0 Å². The Bertz CT molecular complexity index is 536. The topological polar surface area (TPSA) is 46.6 Å². The van der Waals surface area contributed by atoms with E-state index in [1.165, 1.54) is 0 Å². The number of benzene rings is 1. The number of likely N-dealkylation sites (tertiary alicyclic amines) is 1. The lowest BCUT2D eigenvalue weighted by molar-refractivity contribution is -0.149. The fourth-order valence-electron chi connectivity index (χ4n) is 2.57. The Hall–Kier alpha value is -1.55. The van der Waals surface area contributed by atoms with Gasteiger partial charge in [-0.3, -0.25) is 9.59 Å². The molecule has 1 aliphatic rings. The second-order valence-electron chi connectivity index (χ2n) is 5.28. The maximum Gasteiger partial charge on any atom is 0.309 e. The third-order valence-corrected chi connectivity index (χ3v) is 4.07. The zero-order valence-electron chi connectivity index (χ0n) is 12.4.